The Balaban J connectivity index is 0.000000404. The number of piperazine rings is 1. The number of rotatable bonds is 5. The molecule has 1 atom stereocenters. The number of aromatic nitrogens is 2. The van der Waals surface area contributed by atoms with Crippen LogP contribution < -0.4 is 0 Å². The molecule has 1 aromatic rings. The number of likely N-dealkylation sites (N-methyl/N-ethyl adjacent to an activating group) is 2. The highest BCUT2D eigenvalue weighted by molar-refractivity contribution is 5.73. The zero-order chi connectivity index (χ0) is 28.4. The molecular weight excluding hydrogens is 512 g/mol. The van der Waals surface area contributed by atoms with Crippen molar-refractivity contribution in [3.05, 3.63) is 17.0 Å². The van der Waals surface area contributed by atoms with E-state index in [-0.39, 0.29) is 0 Å². The smallest absolute Gasteiger partial charge is 0.475 e. The van der Waals surface area contributed by atoms with Gasteiger partial charge in [0.15, 0.2) is 0 Å². The third-order valence-electron chi connectivity index (χ3n) is 6.12. The van der Waals surface area contributed by atoms with Gasteiger partial charge in [0.25, 0.3) is 0 Å². The van der Waals surface area contributed by atoms with Crippen molar-refractivity contribution in [2.75, 3.05) is 47.3 Å². The number of carboxylic acids is 2. The van der Waals surface area contributed by atoms with E-state index in [0.29, 0.717) is 6.04 Å². The quantitative estimate of drug-likeness (QED) is 0.381. The number of carbonyl (C=O) groups is 2. The SMILES string of the molecule is CN(CCC1CN(C)CCN1C)Cc1n[nH]c2c1CCCCC2.O=C(O)C(F)(F)F.O=C(O)C(F)(F)F. The van der Waals surface area contributed by atoms with Crippen molar-refractivity contribution in [1.29, 1.82) is 0 Å². The fourth-order valence-electron chi connectivity index (χ4n) is 3.97. The molecule has 9 nitrogen and oxygen atoms in total. The lowest BCUT2D eigenvalue weighted by Gasteiger charge is -2.38. The summed E-state index contributed by atoms with van der Waals surface area (Å²) in [5, 5.41) is 22.2. The van der Waals surface area contributed by atoms with Crippen LogP contribution in [0.2, 0.25) is 0 Å². The summed E-state index contributed by atoms with van der Waals surface area (Å²) in [6.45, 7) is 5.71. The number of carboxylic acid groups (broad SMARTS) is 2. The number of hydrogen-bond acceptors (Lipinski definition) is 6. The van der Waals surface area contributed by atoms with Gasteiger partial charge in [0.2, 0.25) is 0 Å². The van der Waals surface area contributed by atoms with E-state index in [1.807, 2.05) is 0 Å². The highest BCUT2D eigenvalue weighted by Gasteiger charge is 2.38. The number of aromatic amines is 1. The van der Waals surface area contributed by atoms with Crippen LogP contribution >= 0.6 is 0 Å². The molecule has 2 aliphatic rings. The lowest BCUT2D eigenvalue weighted by molar-refractivity contribution is -0.193. The molecule has 1 unspecified atom stereocenters. The summed E-state index contributed by atoms with van der Waals surface area (Å²) in [4.78, 5) is 25.2. The second kappa shape index (κ2) is 14.5. The Kier molecular flexibility index (Phi) is 12.8. The van der Waals surface area contributed by atoms with Gasteiger partial charge < -0.3 is 24.9 Å². The normalized spacial score (nSPS) is 19.1. The minimum absolute atomic E-state index is 0.687. The van der Waals surface area contributed by atoms with Crippen molar-refractivity contribution < 1.29 is 46.1 Å². The van der Waals surface area contributed by atoms with E-state index in [0.717, 1.165) is 13.1 Å². The predicted molar refractivity (Wildman–Crippen MR) is 122 cm³/mol. The number of nitrogens with one attached hydrogen (secondary N) is 1. The van der Waals surface area contributed by atoms with E-state index in [4.69, 9.17) is 19.8 Å². The fraction of sp³-hybridized carbons (Fsp3) is 0.773. The highest BCUT2D eigenvalue weighted by Crippen LogP contribution is 2.22. The van der Waals surface area contributed by atoms with Gasteiger partial charge in [-0.05, 0) is 65.4 Å². The van der Waals surface area contributed by atoms with Crippen LogP contribution in [0.5, 0.6) is 0 Å². The summed E-state index contributed by atoms with van der Waals surface area (Å²) in [5.74, 6) is -5.51. The molecule has 2 heterocycles. The van der Waals surface area contributed by atoms with E-state index in [2.05, 4.69) is 46.0 Å². The first-order valence-electron chi connectivity index (χ1n) is 11.7. The topological polar surface area (TPSA) is 113 Å². The van der Waals surface area contributed by atoms with Gasteiger partial charge >= 0.3 is 24.3 Å². The largest absolute Gasteiger partial charge is 0.490 e. The Morgan fingerprint density at radius 3 is 2.08 bits per heavy atom. The molecule has 0 radical (unpaired) electrons. The third-order valence-corrected chi connectivity index (χ3v) is 6.12. The van der Waals surface area contributed by atoms with E-state index in [1.165, 1.54) is 75.1 Å². The number of nitrogens with zero attached hydrogens (tertiary/aromatic N) is 4. The maximum Gasteiger partial charge on any atom is 0.490 e. The molecular formula is C22H35F6N5O4. The number of halogens is 6. The fourth-order valence-corrected chi connectivity index (χ4v) is 3.97. The zero-order valence-corrected chi connectivity index (χ0v) is 21.1. The molecule has 0 spiro atoms. The molecule has 214 valence electrons. The zero-order valence-electron chi connectivity index (χ0n) is 21.1. The molecule has 3 rings (SSSR count). The van der Waals surface area contributed by atoms with Crippen molar-refractivity contribution in [2.24, 2.45) is 0 Å². The van der Waals surface area contributed by atoms with E-state index in [1.54, 1.807) is 0 Å². The van der Waals surface area contributed by atoms with Gasteiger partial charge in [0.05, 0.1) is 5.69 Å². The van der Waals surface area contributed by atoms with Gasteiger partial charge in [-0.3, -0.25) is 5.10 Å². The maximum absolute atomic E-state index is 10.6. The molecule has 0 bridgehead atoms. The van der Waals surface area contributed by atoms with Crippen molar-refractivity contribution in [2.45, 2.75) is 63.5 Å². The Morgan fingerprint density at radius 2 is 1.54 bits per heavy atom. The molecule has 1 aliphatic carbocycles. The van der Waals surface area contributed by atoms with Crippen molar-refractivity contribution >= 4 is 11.9 Å². The summed E-state index contributed by atoms with van der Waals surface area (Å²) < 4.78 is 63.5. The first-order chi connectivity index (χ1) is 17.0. The summed E-state index contributed by atoms with van der Waals surface area (Å²) >= 11 is 0. The summed E-state index contributed by atoms with van der Waals surface area (Å²) in [7, 11) is 6.75. The van der Waals surface area contributed by atoms with Crippen molar-refractivity contribution in [3.8, 4) is 0 Å². The van der Waals surface area contributed by atoms with Gasteiger partial charge in [0, 0.05) is 37.9 Å². The molecule has 1 fully saturated rings. The Morgan fingerprint density at radius 1 is 1.00 bits per heavy atom. The molecule has 0 amide bonds. The van der Waals surface area contributed by atoms with Crippen LogP contribution in [-0.4, -0.2) is 113 Å². The second-order valence-electron chi connectivity index (χ2n) is 9.22. The van der Waals surface area contributed by atoms with Crippen LogP contribution in [0.25, 0.3) is 0 Å². The van der Waals surface area contributed by atoms with Gasteiger partial charge in [-0.1, -0.05) is 6.42 Å². The number of aryl methyl sites for hydroxylation is 1. The number of aliphatic carboxylic acids is 2. The van der Waals surface area contributed by atoms with Crippen LogP contribution in [0.1, 0.15) is 42.6 Å². The summed E-state index contributed by atoms with van der Waals surface area (Å²) in [5.41, 5.74) is 4.21. The number of hydrogen-bond donors (Lipinski definition) is 3. The Bertz CT molecular complexity index is 838. The molecule has 37 heavy (non-hydrogen) atoms. The highest BCUT2D eigenvalue weighted by atomic mass is 19.4. The number of alkyl halides is 6. The van der Waals surface area contributed by atoms with Gasteiger partial charge in [-0.15, -0.1) is 0 Å². The van der Waals surface area contributed by atoms with Gasteiger partial charge in [-0.2, -0.15) is 31.4 Å². The average molecular weight is 548 g/mol. The molecule has 15 heteroatoms. The first-order valence-corrected chi connectivity index (χ1v) is 11.7. The van der Waals surface area contributed by atoms with Crippen LogP contribution in [-0.2, 0) is 29.0 Å². The molecule has 1 saturated heterocycles. The third kappa shape index (κ3) is 12.1. The van der Waals surface area contributed by atoms with E-state index >= 15 is 0 Å². The number of fused-ring (bicyclic) bond motifs is 1. The molecule has 0 saturated carbocycles. The predicted octanol–water partition coefficient (Wildman–Crippen LogP) is 3.01. The summed E-state index contributed by atoms with van der Waals surface area (Å²) in [6.07, 6.45) is -2.53. The monoisotopic (exact) mass is 547 g/mol. The van der Waals surface area contributed by atoms with Crippen LogP contribution in [0.3, 0.4) is 0 Å². The average Bonchev–Trinajstić information content (AvgIpc) is 2.99. The summed E-state index contributed by atoms with van der Waals surface area (Å²) in [6, 6.07) is 0.687. The van der Waals surface area contributed by atoms with Crippen molar-refractivity contribution in [3.63, 3.8) is 0 Å². The molecule has 3 N–H and O–H groups in total. The van der Waals surface area contributed by atoms with Crippen LogP contribution in [0.4, 0.5) is 26.3 Å². The molecule has 0 aromatic carbocycles. The van der Waals surface area contributed by atoms with Gasteiger partial charge in [0.1, 0.15) is 0 Å². The van der Waals surface area contributed by atoms with Crippen LogP contribution in [0.15, 0.2) is 0 Å². The number of H-pyrrole nitrogens is 1. The molecule has 1 aliphatic heterocycles. The lowest BCUT2D eigenvalue weighted by atomic mass is 10.1. The van der Waals surface area contributed by atoms with E-state index in [9.17, 15) is 26.3 Å². The molecule has 1 aromatic heterocycles. The van der Waals surface area contributed by atoms with Gasteiger partial charge in [-0.25, -0.2) is 9.59 Å². The van der Waals surface area contributed by atoms with Crippen molar-refractivity contribution in [1.82, 2.24) is 24.9 Å². The van der Waals surface area contributed by atoms with E-state index < -0.39 is 24.3 Å². The van der Waals surface area contributed by atoms with Crippen LogP contribution in [0, 0.1) is 0 Å². The standard InChI is InChI=1S/C18H33N5.2C2HF3O2/c1-21(10-9-15-13-22(2)11-12-23(15)3)14-18-16-7-5-4-6-8-17(16)19-20-18;2*3-2(4,5)1(6)7/h15H,4-14H2,1-3H3,(H,19,20);2*(H,6,7). The Hall–Kier alpha value is -2.39. The Labute approximate surface area is 211 Å². The minimum Gasteiger partial charge on any atom is -0.475 e. The maximum atomic E-state index is 10.6. The lowest BCUT2D eigenvalue weighted by Crippen LogP contribution is -2.50. The first kappa shape index (κ1) is 32.6. The second-order valence-corrected chi connectivity index (χ2v) is 9.22. The minimum atomic E-state index is -5.08.